The summed E-state index contributed by atoms with van der Waals surface area (Å²) in [6.45, 7) is 1.61. The lowest BCUT2D eigenvalue weighted by molar-refractivity contribution is -0.272. The standard InChI is InChI=1S/C15H19ClF3NO2/c16-12-3-1-4-13(11-12)22-10-2-7-20-8-5-14(21,6-9-20)15(17,18)19/h1,3-4,11,21H,2,5-10H2. The van der Waals surface area contributed by atoms with Crippen molar-refractivity contribution in [1.82, 2.24) is 4.90 Å². The number of piperidine rings is 1. The SMILES string of the molecule is OC1(C(F)(F)F)CCN(CCCOc2cccc(Cl)c2)CC1. The Hall–Kier alpha value is -0.980. The van der Waals surface area contributed by atoms with E-state index >= 15 is 0 Å². The van der Waals surface area contributed by atoms with Crippen molar-refractivity contribution >= 4 is 11.6 Å². The van der Waals surface area contributed by atoms with E-state index in [1.165, 1.54) is 0 Å². The van der Waals surface area contributed by atoms with E-state index < -0.39 is 11.8 Å². The van der Waals surface area contributed by atoms with Crippen molar-refractivity contribution in [2.45, 2.75) is 31.0 Å². The molecule has 1 aromatic carbocycles. The Morgan fingerprint density at radius 3 is 2.55 bits per heavy atom. The van der Waals surface area contributed by atoms with Crippen LogP contribution in [0.2, 0.25) is 5.02 Å². The van der Waals surface area contributed by atoms with Crippen LogP contribution in [0.3, 0.4) is 0 Å². The third kappa shape index (κ3) is 4.51. The van der Waals surface area contributed by atoms with Crippen LogP contribution < -0.4 is 4.74 Å². The Labute approximate surface area is 132 Å². The summed E-state index contributed by atoms with van der Waals surface area (Å²) in [7, 11) is 0. The van der Waals surface area contributed by atoms with E-state index in [1.54, 1.807) is 24.3 Å². The fraction of sp³-hybridized carbons (Fsp3) is 0.600. The first-order chi connectivity index (χ1) is 10.3. The average Bonchev–Trinajstić information content (AvgIpc) is 2.44. The van der Waals surface area contributed by atoms with E-state index in [4.69, 9.17) is 16.3 Å². The molecule has 1 heterocycles. The summed E-state index contributed by atoms with van der Waals surface area (Å²) in [5.41, 5.74) is -2.53. The van der Waals surface area contributed by atoms with E-state index in [2.05, 4.69) is 0 Å². The lowest BCUT2D eigenvalue weighted by Gasteiger charge is -2.39. The molecule has 3 nitrogen and oxygen atoms in total. The number of nitrogens with zero attached hydrogens (tertiary/aromatic N) is 1. The predicted molar refractivity (Wildman–Crippen MR) is 78.2 cm³/mol. The molecular weight excluding hydrogens is 319 g/mol. The largest absolute Gasteiger partial charge is 0.493 e. The van der Waals surface area contributed by atoms with E-state index in [1.807, 2.05) is 4.90 Å². The van der Waals surface area contributed by atoms with Crippen molar-refractivity contribution in [1.29, 1.82) is 0 Å². The van der Waals surface area contributed by atoms with Crippen LogP contribution in [0.5, 0.6) is 5.75 Å². The molecule has 0 atom stereocenters. The summed E-state index contributed by atoms with van der Waals surface area (Å²) >= 11 is 5.84. The lowest BCUT2D eigenvalue weighted by atomic mass is 9.91. The number of alkyl halides is 3. The van der Waals surface area contributed by atoms with Gasteiger partial charge in [0.1, 0.15) is 5.75 Å². The second-order valence-corrected chi connectivity index (χ2v) is 5.97. The van der Waals surface area contributed by atoms with Crippen LogP contribution in [0.15, 0.2) is 24.3 Å². The molecule has 1 N–H and O–H groups in total. The Bertz CT molecular complexity index is 488. The zero-order valence-electron chi connectivity index (χ0n) is 12.1. The monoisotopic (exact) mass is 337 g/mol. The first kappa shape index (κ1) is 17.4. The number of rotatable bonds is 5. The van der Waals surface area contributed by atoms with Crippen molar-refractivity contribution in [3.8, 4) is 5.75 Å². The van der Waals surface area contributed by atoms with E-state index in [0.717, 1.165) is 0 Å². The quantitative estimate of drug-likeness (QED) is 0.835. The van der Waals surface area contributed by atoms with Crippen molar-refractivity contribution in [3.05, 3.63) is 29.3 Å². The molecule has 124 valence electrons. The van der Waals surface area contributed by atoms with Gasteiger partial charge in [0.05, 0.1) is 6.61 Å². The van der Waals surface area contributed by atoms with E-state index in [0.29, 0.717) is 30.3 Å². The van der Waals surface area contributed by atoms with Crippen molar-refractivity contribution in [3.63, 3.8) is 0 Å². The minimum absolute atomic E-state index is 0.243. The van der Waals surface area contributed by atoms with E-state index in [9.17, 15) is 18.3 Å². The minimum Gasteiger partial charge on any atom is -0.493 e. The minimum atomic E-state index is -4.55. The highest BCUT2D eigenvalue weighted by molar-refractivity contribution is 6.30. The van der Waals surface area contributed by atoms with Crippen LogP contribution in [0, 0.1) is 0 Å². The van der Waals surface area contributed by atoms with Gasteiger partial charge in [-0.3, -0.25) is 0 Å². The third-order valence-corrected chi connectivity index (χ3v) is 4.13. The summed E-state index contributed by atoms with van der Waals surface area (Å²) in [4.78, 5) is 1.92. The van der Waals surface area contributed by atoms with Gasteiger partial charge in [-0.1, -0.05) is 17.7 Å². The summed E-state index contributed by atoms with van der Waals surface area (Å²) in [5.74, 6) is 0.678. The highest BCUT2D eigenvalue weighted by atomic mass is 35.5. The fourth-order valence-electron chi connectivity index (χ4n) is 2.46. The van der Waals surface area contributed by atoms with Crippen LogP contribution >= 0.6 is 11.6 Å². The molecular formula is C15H19ClF3NO2. The lowest BCUT2D eigenvalue weighted by Crippen LogP contribution is -2.53. The van der Waals surface area contributed by atoms with Gasteiger partial charge in [0.25, 0.3) is 0 Å². The Balaban J connectivity index is 1.67. The maximum Gasteiger partial charge on any atom is 0.417 e. The van der Waals surface area contributed by atoms with Gasteiger partial charge in [0.15, 0.2) is 5.60 Å². The first-order valence-electron chi connectivity index (χ1n) is 7.20. The molecule has 0 radical (unpaired) electrons. The molecule has 1 aliphatic heterocycles. The van der Waals surface area contributed by atoms with Gasteiger partial charge < -0.3 is 14.7 Å². The topological polar surface area (TPSA) is 32.7 Å². The van der Waals surface area contributed by atoms with Gasteiger partial charge in [-0.05, 0) is 37.5 Å². The molecule has 1 aromatic rings. The Morgan fingerprint density at radius 1 is 1.27 bits per heavy atom. The van der Waals surface area contributed by atoms with Gasteiger partial charge in [-0.2, -0.15) is 13.2 Å². The van der Waals surface area contributed by atoms with Crippen LogP contribution in [0.25, 0.3) is 0 Å². The summed E-state index contributed by atoms with van der Waals surface area (Å²) in [6.07, 6.45) is -4.39. The second kappa shape index (κ2) is 7.06. The highest BCUT2D eigenvalue weighted by Crippen LogP contribution is 2.38. The first-order valence-corrected chi connectivity index (χ1v) is 7.58. The Morgan fingerprint density at radius 2 is 1.95 bits per heavy atom. The number of ether oxygens (including phenoxy) is 1. The van der Waals surface area contributed by atoms with Crippen LogP contribution in [0.4, 0.5) is 13.2 Å². The third-order valence-electron chi connectivity index (χ3n) is 3.89. The van der Waals surface area contributed by atoms with Gasteiger partial charge in [0.2, 0.25) is 0 Å². The molecule has 22 heavy (non-hydrogen) atoms. The van der Waals surface area contributed by atoms with E-state index in [-0.39, 0.29) is 25.9 Å². The highest BCUT2D eigenvalue weighted by Gasteiger charge is 2.54. The molecule has 0 amide bonds. The molecule has 0 bridgehead atoms. The maximum atomic E-state index is 12.7. The molecule has 0 spiro atoms. The molecule has 7 heteroatoms. The van der Waals surface area contributed by atoms with Gasteiger partial charge in [-0.25, -0.2) is 0 Å². The number of halogens is 4. The van der Waals surface area contributed by atoms with Crippen molar-refractivity contribution < 1.29 is 23.0 Å². The number of hydrogen-bond donors (Lipinski definition) is 1. The van der Waals surface area contributed by atoms with Crippen LogP contribution in [0.1, 0.15) is 19.3 Å². The molecule has 1 saturated heterocycles. The zero-order chi connectivity index (χ0) is 16.2. The number of likely N-dealkylation sites (tertiary alicyclic amines) is 1. The summed E-state index contributed by atoms with van der Waals surface area (Å²) in [5, 5.41) is 10.2. The number of hydrogen-bond acceptors (Lipinski definition) is 3. The number of benzene rings is 1. The second-order valence-electron chi connectivity index (χ2n) is 5.53. The van der Waals surface area contributed by atoms with Crippen LogP contribution in [-0.2, 0) is 0 Å². The summed E-state index contributed by atoms with van der Waals surface area (Å²) in [6, 6.07) is 7.06. The molecule has 1 aliphatic rings. The zero-order valence-corrected chi connectivity index (χ0v) is 12.8. The van der Waals surface area contributed by atoms with Gasteiger partial charge in [0, 0.05) is 24.7 Å². The average molecular weight is 338 g/mol. The van der Waals surface area contributed by atoms with Crippen molar-refractivity contribution in [2.24, 2.45) is 0 Å². The summed E-state index contributed by atoms with van der Waals surface area (Å²) < 4.78 is 43.6. The number of aliphatic hydroxyl groups is 1. The predicted octanol–water partition coefficient (Wildman–Crippen LogP) is 3.50. The molecule has 0 unspecified atom stereocenters. The van der Waals surface area contributed by atoms with Gasteiger partial charge in [-0.15, -0.1) is 0 Å². The fourth-order valence-corrected chi connectivity index (χ4v) is 2.65. The Kier molecular flexibility index (Phi) is 5.58. The molecule has 2 rings (SSSR count). The molecule has 1 fully saturated rings. The molecule has 0 aliphatic carbocycles. The van der Waals surface area contributed by atoms with Gasteiger partial charge >= 0.3 is 6.18 Å². The molecule has 0 aromatic heterocycles. The smallest absolute Gasteiger partial charge is 0.417 e. The van der Waals surface area contributed by atoms with Crippen LogP contribution in [-0.4, -0.2) is 48.0 Å². The van der Waals surface area contributed by atoms with Crippen molar-refractivity contribution in [2.75, 3.05) is 26.2 Å². The maximum absolute atomic E-state index is 12.7. The molecule has 0 saturated carbocycles. The normalized spacial score (nSPS) is 19.1.